The fourth-order valence-electron chi connectivity index (χ4n) is 12.7. The molecule has 0 amide bonds. The standard InChI is InChI=1S/C21H25NO2.C15H19NO.C14H17NO2.C11H13NO.C10H11O.16C2H6.4CH4.3ClH.Mg.Zn/c1-17(16-24-19-11-7-4-8-12-19)15-21(23)13-14-22(2)20(21)18-9-5-3-6-10-18;1-12-10-15(17-11-12)8-9-16(2)14(15)13-6-4-3-5-7-13;1-15-8-7-14(9-12(16)10-17-14)13(15)11-5-3-2-4-6-11;1-12-8-7-10(13)11(12)9-5-3-2-4-6-9;1-9(2)8-11-10-6-4-3-5-7-10;16*1-2;;;;;;;;;/h3-12,20,23H,1,13-16H2,2H3;3-7,14H,1,8-11H2,2H3;2-6,13H,7-10H2,1H3;2-6,11H,7-8H2,1H3;3-7H,1-2,8H2;16*1-2H3;4*1H4;3*1H;;/q;;;;-1;;;;;;;;;;;;;;;;;;;;;;;;2*+2/p-3. The molecule has 2 spiro atoms. The molecular weight excluding hydrogens is 1650 g/mol. The molecule has 0 radical (unpaired) electrons. The van der Waals surface area contributed by atoms with Gasteiger partial charge in [-0.1, -0.05) is 422 Å². The molecule has 11 nitrogen and oxygen atoms in total. The Morgan fingerprint density at radius 2 is 0.691 bits per heavy atom. The van der Waals surface area contributed by atoms with E-state index in [1.165, 1.54) is 16.7 Å². The fraction of sp³-hybridized carbons (Fsp3) is 0.579. The van der Waals surface area contributed by atoms with Crippen LogP contribution in [0.3, 0.4) is 0 Å². The van der Waals surface area contributed by atoms with E-state index < -0.39 is 20.7 Å². The Hall–Kier alpha value is -4.67. The minimum atomic E-state index is -0.931. The maximum atomic E-state index is 11.5. The van der Waals surface area contributed by atoms with Crippen LogP contribution in [0.15, 0.2) is 218 Å². The Bertz CT molecular complexity index is 2960. The number of para-hydroxylation sites is 2. The zero-order valence-corrected chi connectivity index (χ0v) is 89.9. The zero-order valence-electron chi connectivity index (χ0n) is 83.3. The molecule has 12 rings (SSSR count). The number of carbonyl (C=O) groups excluding carboxylic acids is 2. The average Bonchev–Trinajstić information content (AvgIpc) is 1.61. The topological polar surface area (TPSA) is 104 Å². The van der Waals surface area contributed by atoms with Crippen LogP contribution in [-0.2, 0) is 34.2 Å². The van der Waals surface area contributed by atoms with Gasteiger partial charge in [-0.2, -0.15) is 5.57 Å². The second-order valence-corrected chi connectivity index (χ2v) is 27.7. The molecule has 0 bridgehead atoms. The van der Waals surface area contributed by atoms with Crippen molar-refractivity contribution in [3.63, 3.8) is 0 Å². The number of ether oxygens (including phenoxy) is 4. The van der Waals surface area contributed by atoms with Gasteiger partial charge in [-0.05, 0) is 105 Å². The van der Waals surface area contributed by atoms with Crippen molar-refractivity contribution in [2.45, 2.75) is 337 Å². The summed E-state index contributed by atoms with van der Waals surface area (Å²) < 4.78 is 23.0. The van der Waals surface area contributed by atoms with E-state index in [0.29, 0.717) is 44.3 Å². The van der Waals surface area contributed by atoms with Crippen LogP contribution in [-0.4, -0.2) is 157 Å². The normalized spacial score (nSPS) is 18.2. The van der Waals surface area contributed by atoms with Crippen LogP contribution >= 0.6 is 19.4 Å². The smallest absolute Gasteiger partial charge is 2.00 e. The van der Waals surface area contributed by atoms with Crippen LogP contribution in [0.4, 0.5) is 0 Å². The van der Waals surface area contributed by atoms with Crippen molar-refractivity contribution in [2.24, 2.45) is 0 Å². The van der Waals surface area contributed by atoms with Gasteiger partial charge >= 0.3 is 57.6 Å². The van der Waals surface area contributed by atoms with Crippen LogP contribution in [0.1, 0.15) is 343 Å². The first-order valence-corrected chi connectivity index (χ1v) is 53.2. The van der Waals surface area contributed by atoms with E-state index in [9.17, 15) is 14.7 Å². The molecule has 7 atom stereocenters. The van der Waals surface area contributed by atoms with Crippen LogP contribution in [0.5, 0.6) is 11.5 Å². The quantitative estimate of drug-likeness (QED) is 0.0720. The molecular formula is C107H197Cl3MgN4O7Zn. The number of carbonyl (C=O) groups is 2. The molecule has 0 aliphatic carbocycles. The largest absolute Gasteiger partial charge is 2.00 e. The number of hydrogen-bond donors (Lipinski definition) is 1. The third-order valence-electron chi connectivity index (χ3n) is 16.5. The van der Waals surface area contributed by atoms with E-state index in [2.05, 4.69) is 122 Å². The van der Waals surface area contributed by atoms with E-state index in [4.69, 9.17) is 38.3 Å². The Morgan fingerprint density at radius 3 is 0.967 bits per heavy atom. The van der Waals surface area contributed by atoms with Gasteiger partial charge in [0.15, 0.2) is 11.6 Å². The molecule has 123 heavy (non-hydrogen) atoms. The van der Waals surface area contributed by atoms with E-state index in [1.807, 2.05) is 356 Å². The monoisotopic (exact) mass is 1840 g/mol. The third-order valence-corrected chi connectivity index (χ3v) is 16.5. The molecule has 6 aliphatic heterocycles. The number of likely N-dealkylation sites (tertiary alicyclic amines) is 4. The van der Waals surface area contributed by atoms with E-state index in [0.717, 1.165) is 92.2 Å². The second kappa shape index (κ2) is 110. The number of hydrogen-bond acceptors (Lipinski definition) is 11. The summed E-state index contributed by atoms with van der Waals surface area (Å²) in [6.45, 7) is 85.3. The maximum Gasteiger partial charge on any atom is 2.00 e. The fourth-order valence-corrected chi connectivity index (χ4v) is 12.7. The van der Waals surface area contributed by atoms with E-state index in [-0.39, 0.29) is 107 Å². The van der Waals surface area contributed by atoms with Crippen molar-refractivity contribution in [3.05, 3.63) is 248 Å². The van der Waals surface area contributed by atoms with Crippen molar-refractivity contribution >= 4 is 54.0 Å². The number of nitrogens with zero attached hydrogens (tertiary/aromatic N) is 4. The van der Waals surface area contributed by atoms with Gasteiger partial charge in [-0.3, -0.25) is 29.2 Å². The van der Waals surface area contributed by atoms with Gasteiger partial charge in [-0.25, -0.2) is 13.5 Å². The molecule has 7 unspecified atom stereocenters. The molecule has 6 aromatic carbocycles. The molecule has 6 fully saturated rings. The van der Waals surface area contributed by atoms with Gasteiger partial charge in [0.25, 0.3) is 0 Å². The van der Waals surface area contributed by atoms with Crippen LogP contribution in [0.2, 0.25) is 0 Å². The summed E-state index contributed by atoms with van der Waals surface area (Å²) in [7, 11) is 18.3. The first kappa shape index (κ1) is 156. The number of halogens is 3. The van der Waals surface area contributed by atoms with E-state index in [1.54, 1.807) is 0 Å². The van der Waals surface area contributed by atoms with E-state index >= 15 is 0 Å². The van der Waals surface area contributed by atoms with Crippen molar-refractivity contribution in [2.75, 3.05) is 80.8 Å². The summed E-state index contributed by atoms with van der Waals surface area (Å²) >= 11 is -0.931. The predicted octanol–water partition coefficient (Wildman–Crippen LogP) is 29.4. The predicted molar refractivity (Wildman–Crippen MR) is 555 cm³/mol. The molecule has 1 N–H and O–H groups in total. The Balaban J connectivity index is -0.0000000761. The number of likely N-dealkylation sites (N-methyl/N-ethyl adjacent to an activating group) is 4. The SMILES string of the molecule is C.C.C.C.C=C(COc1ccccc1)CC1(O)CCN(C)C1c1ccccc1.C=C([CH2-])COc1ccccc1.C=C1COC2(CCN(C)C2c2ccccc2)C1.CC.CC.CC.CC.CC.CC.CC.CC.CC.CC.CC.CC.CC.CC.CC.CC.CN1CCC(=O)C1c1ccccc1.CN1CCC2(CC(=O)CO2)C1c1ccccc1.[Cl-].[Cl][Zn][Cl].[Mg+2]. The van der Waals surface area contributed by atoms with Crippen LogP contribution < -0.4 is 21.9 Å². The Labute approximate surface area is 805 Å². The van der Waals surface area contributed by atoms with Gasteiger partial charge in [0, 0.05) is 51.9 Å². The maximum absolute atomic E-state index is 11.5. The van der Waals surface area contributed by atoms with Crippen LogP contribution in [0, 0.1) is 6.92 Å². The molecule has 6 aliphatic rings. The molecule has 712 valence electrons. The van der Waals surface area contributed by atoms with Gasteiger partial charge in [0.05, 0.1) is 54.2 Å². The molecule has 0 aromatic heterocycles. The number of Topliss-reactive ketones (excluding diaryl/α,β-unsaturated/α-hetero) is 2. The minimum Gasteiger partial charge on any atom is 2.00 e. The van der Waals surface area contributed by atoms with Crippen molar-refractivity contribution in [3.8, 4) is 11.5 Å². The molecule has 16 heteroatoms. The summed E-state index contributed by atoms with van der Waals surface area (Å²) in [6, 6.07) is 61.2. The zero-order chi connectivity index (χ0) is 92.8. The first-order valence-electron chi connectivity index (χ1n) is 45.4. The molecule has 0 saturated carbocycles. The summed E-state index contributed by atoms with van der Waals surface area (Å²) in [5.74, 6) is 2.26. The van der Waals surface area contributed by atoms with Gasteiger partial charge in [0.2, 0.25) is 0 Å². The summed E-state index contributed by atoms with van der Waals surface area (Å²) in [5.41, 5.74) is 6.73. The van der Waals surface area contributed by atoms with Gasteiger partial charge in [-0.15, -0.1) is 0 Å². The number of rotatable bonds is 12. The summed E-state index contributed by atoms with van der Waals surface area (Å²) in [6.07, 6.45) is 5.62. The van der Waals surface area contributed by atoms with Gasteiger partial charge < -0.3 is 36.5 Å². The summed E-state index contributed by atoms with van der Waals surface area (Å²) in [5, 5.41) is 11.3. The second-order valence-electron chi connectivity index (χ2n) is 23.1. The number of benzene rings is 6. The Morgan fingerprint density at radius 1 is 0.423 bits per heavy atom. The first-order chi connectivity index (χ1) is 57.0. The van der Waals surface area contributed by atoms with Gasteiger partial charge in [0.1, 0.15) is 24.7 Å². The number of ketones is 2. The summed E-state index contributed by atoms with van der Waals surface area (Å²) in [4.78, 5) is 32.1. The van der Waals surface area contributed by atoms with Crippen molar-refractivity contribution in [1.82, 2.24) is 19.6 Å². The van der Waals surface area contributed by atoms with Crippen molar-refractivity contribution in [1.29, 1.82) is 0 Å². The minimum absolute atomic E-state index is 0. The van der Waals surface area contributed by atoms with Crippen LogP contribution in [0.25, 0.3) is 0 Å². The average molecular weight is 1850 g/mol. The molecule has 6 aromatic rings. The molecule has 6 heterocycles. The van der Waals surface area contributed by atoms with Crippen molar-refractivity contribution < 1.29 is 61.2 Å². The number of aliphatic hydroxyl groups is 1. The third kappa shape index (κ3) is 63.0. The Kier molecular flexibility index (Phi) is 139. The molecule has 6 saturated heterocycles.